The van der Waals surface area contributed by atoms with Crippen molar-refractivity contribution in [2.75, 3.05) is 11.5 Å². The van der Waals surface area contributed by atoms with Crippen LogP contribution in [0.5, 0.6) is 0 Å². The van der Waals surface area contributed by atoms with E-state index in [2.05, 4.69) is 35.9 Å². The zero-order chi connectivity index (χ0) is 12.9. The fourth-order valence-corrected chi connectivity index (χ4v) is 2.69. The molecule has 4 nitrogen and oxygen atoms in total. The van der Waals surface area contributed by atoms with Gasteiger partial charge in [-0.05, 0) is 48.9 Å². The van der Waals surface area contributed by atoms with Gasteiger partial charge in [-0.3, -0.25) is 0 Å². The molecule has 1 aromatic heterocycles. The zero-order valence-corrected chi connectivity index (χ0v) is 10.6. The predicted molar refractivity (Wildman–Crippen MR) is 73.2 cm³/mol. The Bertz CT molecular complexity index is 647. The van der Waals surface area contributed by atoms with E-state index in [1.165, 1.54) is 16.7 Å². The Balaban J connectivity index is 2.33. The van der Waals surface area contributed by atoms with Gasteiger partial charge in [0.05, 0.1) is 5.69 Å². The summed E-state index contributed by atoms with van der Waals surface area (Å²) in [7, 11) is 0. The first-order valence-electron chi connectivity index (χ1n) is 6.09. The standard InChI is InChI=1S/C14H16N4/c1-7-3-4-10-9(8(7)2)5-6-11-12(10)13(15)18-14(16)17-11/h3-4H,5-6H2,1-2H3,(H4,15,16,17,18). The quantitative estimate of drug-likeness (QED) is 0.738. The molecule has 1 aliphatic rings. The molecule has 0 unspecified atom stereocenters. The lowest BCUT2D eigenvalue weighted by atomic mass is 9.84. The summed E-state index contributed by atoms with van der Waals surface area (Å²) in [6.45, 7) is 4.29. The van der Waals surface area contributed by atoms with Crippen LogP contribution in [0, 0.1) is 13.8 Å². The number of hydrogen-bond donors (Lipinski definition) is 2. The van der Waals surface area contributed by atoms with E-state index in [0.717, 1.165) is 29.7 Å². The molecular weight excluding hydrogens is 224 g/mol. The maximum atomic E-state index is 6.01. The minimum Gasteiger partial charge on any atom is -0.383 e. The molecule has 1 aromatic carbocycles. The summed E-state index contributed by atoms with van der Waals surface area (Å²) >= 11 is 0. The van der Waals surface area contributed by atoms with Gasteiger partial charge in [0.15, 0.2) is 0 Å². The maximum Gasteiger partial charge on any atom is 0.222 e. The van der Waals surface area contributed by atoms with Gasteiger partial charge in [0.1, 0.15) is 5.82 Å². The Morgan fingerprint density at radius 3 is 2.61 bits per heavy atom. The van der Waals surface area contributed by atoms with Crippen molar-refractivity contribution in [1.29, 1.82) is 0 Å². The predicted octanol–water partition coefficient (Wildman–Crippen LogP) is 2.02. The third kappa shape index (κ3) is 1.45. The molecule has 18 heavy (non-hydrogen) atoms. The van der Waals surface area contributed by atoms with Gasteiger partial charge in [0.25, 0.3) is 0 Å². The number of nitrogen functional groups attached to an aromatic ring is 2. The van der Waals surface area contributed by atoms with Gasteiger partial charge in [-0.15, -0.1) is 0 Å². The van der Waals surface area contributed by atoms with Crippen molar-refractivity contribution < 1.29 is 0 Å². The van der Waals surface area contributed by atoms with Crippen LogP contribution in [0.15, 0.2) is 12.1 Å². The topological polar surface area (TPSA) is 77.8 Å². The number of hydrogen-bond acceptors (Lipinski definition) is 4. The summed E-state index contributed by atoms with van der Waals surface area (Å²) in [6, 6.07) is 4.24. The third-order valence-electron chi connectivity index (χ3n) is 3.78. The summed E-state index contributed by atoms with van der Waals surface area (Å²) < 4.78 is 0. The number of fused-ring (bicyclic) bond motifs is 3. The highest BCUT2D eigenvalue weighted by molar-refractivity contribution is 5.81. The largest absolute Gasteiger partial charge is 0.383 e. The number of aromatic nitrogens is 2. The van der Waals surface area contributed by atoms with Gasteiger partial charge >= 0.3 is 0 Å². The molecular formula is C14H16N4. The van der Waals surface area contributed by atoms with Gasteiger partial charge in [-0.2, -0.15) is 4.98 Å². The van der Waals surface area contributed by atoms with Crippen molar-refractivity contribution in [2.24, 2.45) is 0 Å². The smallest absolute Gasteiger partial charge is 0.222 e. The van der Waals surface area contributed by atoms with Crippen LogP contribution in [0.1, 0.15) is 22.4 Å². The second kappa shape index (κ2) is 3.70. The van der Waals surface area contributed by atoms with Crippen molar-refractivity contribution in [2.45, 2.75) is 26.7 Å². The van der Waals surface area contributed by atoms with Gasteiger partial charge in [0, 0.05) is 5.56 Å². The normalized spacial score (nSPS) is 13.0. The van der Waals surface area contributed by atoms with Crippen LogP contribution < -0.4 is 11.5 Å². The second-order valence-corrected chi connectivity index (χ2v) is 4.82. The molecule has 2 aromatic rings. The summed E-state index contributed by atoms with van der Waals surface area (Å²) in [5.41, 5.74) is 18.8. The van der Waals surface area contributed by atoms with E-state index in [1.54, 1.807) is 0 Å². The second-order valence-electron chi connectivity index (χ2n) is 4.82. The van der Waals surface area contributed by atoms with Crippen molar-refractivity contribution in [3.8, 4) is 11.1 Å². The zero-order valence-electron chi connectivity index (χ0n) is 10.6. The molecule has 0 radical (unpaired) electrons. The first-order chi connectivity index (χ1) is 8.58. The highest BCUT2D eigenvalue weighted by atomic mass is 15.0. The first-order valence-corrected chi connectivity index (χ1v) is 6.09. The molecule has 0 saturated carbocycles. The molecule has 4 N–H and O–H groups in total. The van der Waals surface area contributed by atoms with Crippen molar-refractivity contribution in [1.82, 2.24) is 9.97 Å². The Morgan fingerprint density at radius 1 is 1.06 bits per heavy atom. The number of nitrogens with two attached hydrogens (primary N) is 2. The highest BCUT2D eigenvalue weighted by Gasteiger charge is 2.22. The van der Waals surface area contributed by atoms with Gasteiger partial charge in [-0.25, -0.2) is 4.98 Å². The van der Waals surface area contributed by atoms with Crippen LogP contribution >= 0.6 is 0 Å². The van der Waals surface area contributed by atoms with Crippen LogP contribution in [-0.4, -0.2) is 9.97 Å². The number of anilines is 2. The monoisotopic (exact) mass is 240 g/mol. The van der Waals surface area contributed by atoms with Crippen LogP contribution in [0.2, 0.25) is 0 Å². The summed E-state index contributed by atoms with van der Waals surface area (Å²) in [6.07, 6.45) is 1.87. The molecule has 3 rings (SSSR count). The van der Waals surface area contributed by atoms with Crippen molar-refractivity contribution >= 4 is 11.8 Å². The van der Waals surface area contributed by atoms with Gasteiger partial charge < -0.3 is 11.5 Å². The molecule has 0 spiro atoms. The minimum absolute atomic E-state index is 0.263. The first kappa shape index (κ1) is 11.0. The van der Waals surface area contributed by atoms with E-state index in [-0.39, 0.29) is 5.95 Å². The lowest BCUT2D eigenvalue weighted by Gasteiger charge is -2.22. The summed E-state index contributed by atoms with van der Waals surface area (Å²) in [4.78, 5) is 8.39. The molecule has 92 valence electrons. The van der Waals surface area contributed by atoms with E-state index in [9.17, 15) is 0 Å². The minimum atomic E-state index is 0.263. The lowest BCUT2D eigenvalue weighted by molar-refractivity contribution is 0.880. The van der Waals surface area contributed by atoms with Gasteiger partial charge in [-0.1, -0.05) is 12.1 Å². The average molecular weight is 240 g/mol. The molecule has 4 heteroatoms. The van der Waals surface area contributed by atoms with Crippen molar-refractivity contribution in [3.63, 3.8) is 0 Å². The number of benzene rings is 1. The third-order valence-corrected chi connectivity index (χ3v) is 3.78. The van der Waals surface area contributed by atoms with E-state index >= 15 is 0 Å². The molecule has 1 heterocycles. The summed E-state index contributed by atoms with van der Waals surface area (Å²) in [5.74, 6) is 0.750. The summed E-state index contributed by atoms with van der Waals surface area (Å²) in [5, 5.41) is 0. The molecule has 0 bridgehead atoms. The molecule has 0 aliphatic heterocycles. The van der Waals surface area contributed by atoms with Crippen LogP contribution in [0.3, 0.4) is 0 Å². The number of aryl methyl sites for hydroxylation is 2. The van der Waals surface area contributed by atoms with E-state index in [1.807, 2.05) is 0 Å². The van der Waals surface area contributed by atoms with Gasteiger partial charge in [0.2, 0.25) is 5.95 Å². The fraction of sp³-hybridized carbons (Fsp3) is 0.286. The van der Waals surface area contributed by atoms with Crippen LogP contribution in [-0.2, 0) is 12.8 Å². The number of nitrogens with zero attached hydrogens (tertiary/aromatic N) is 2. The fourth-order valence-electron chi connectivity index (χ4n) is 2.69. The van der Waals surface area contributed by atoms with E-state index < -0.39 is 0 Å². The van der Waals surface area contributed by atoms with Crippen molar-refractivity contribution in [3.05, 3.63) is 34.5 Å². The van der Waals surface area contributed by atoms with E-state index in [4.69, 9.17) is 11.5 Å². The Hall–Kier alpha value is -2.10. The highest BCUT2D eigenvalue weighted by Crippen LogP contribution is 2.38. The molecule has 0 fully saturated rings. The number of rotatable bonds is 0. The van der Waals surface area contributed by atoms with Crippen LogP contribution in [0.4, 0.5) is 11.8 Å². The lowest BCUT2D eigenvalue weighted by Crippen LogP contribution is -2.13. The Kier molecular flexibility index (Phi) is 2.26. The molecule has 0 amide bonds. The average Bonchev–Trinajstić information content (AvgIpc) is 2.32. The molecule has 0 saturated heterocycles. The molecule has 1 aliphatic carbocycles. The van der Waals surface area contributed by atoms with Crippen LogP contribution in [0.25, 0.3) is 11.1 Å². The Labute approximate surface area is 106 Å². The Morgan fingerprint density at radius 2 is 1.83 bits per heavy atom. The maximum absolute atomic E-state index is 6.01. The van der Waals surface area contributed by atoms with E-state index in [0.29, 0.717) is 5.82 Å². The molecule has 0 atom stereocenters. The SMILES string of the molecule is Cc1ccc2c(c1C)CCc1nc(N)nc(N)c1-2.